The van der Waals surface area contributed by atoms with Crippen molar-refractivity contribution in [1.29, 1.82) is 0 Å². The molecule has 1 atom stereocenters. The van der Waals surface area contributed by atoms with Crippen LogP contribution < -0.4 is 16.4 Å². The third-order valence-electron chi connectivity index (χ3n) is 3.58. The molecule has 2 aromatic heterocycles. The summed E-state index contributed by atoms with van der Waals surface area (Å²) in [6.45, 7) is 3.01. The van der Waals surface area contributed by atoms with E-state index in [2.05, 4.69) is 21.8 Å². The van der Waals surface area contributed by atoms with Gasteiger partial charge < -0.3 is 20.8 Å². The van der Waals surface area contributed by atoms with Crippen LogP contribution in [-0.4, -0.2) is 22.7 Å². The van der Waals surface area contributed by atoms with Crippen LogP contribution in [0.15, 0.2) is 10.7 Å². The fourth-order valence-corrected chi connectivity index (χ4v) is 2.66. The molecule has 102 valence electrons. The van der Waals surface area contributed by atoms with Gasteiger partial charge in [0.05, 0.1) is 12.4 Å². The largest absolute Gasteiger partial charge is 0.458 e. The summed E-state index contributed by atoms with van der Waals surface area (Å²) < 4.78 is 5.67. The molecule has 6 nitrogen and oxygen atoms in total. The Morgan fingerprint density at radius 2 is 2.32 bits per heavy atom. The third kappa shape index (κ3) is 2.02. The van der Waals surface area contributed by atoms with Gasteiger partial charge in [0.15, 0.2) is 11.4 Å². The second-order valence-electron chi connectivity index (χ2n) is 5.00. The van der Waals surface area contributed by atoms with Crippen molar-refractivity contribution in [2.24, 2.45) is 5.73 Å². The molecule has 0 aliphatic carbocycles. The van der Waals surface area contributed by atoms with Gasteiger partial charge in [-0.25, -0.2) is 4.98 Å². The Labute approximate surface area is 111 Å². The fraction of sp³-hybridized carbons (Fsp3) is 0.538. The van der Waals surface area contributed by atoms with Crippen molar-refractivity contribution >= 4 is 22.9 Å². The first kappa shape index (κ1) is 12.2. The van der Waals surface area contributed by atoms with Gasteiger partial charge in [0.2, 0.25) is 5.95 Å². The average molecular weight is 261 g/mol. The molecule has 1 unspecified atom stereocenters. The van der Waals surface area contributed by atoms with E-state index in [-0.39, 0.29) is 12.1 Å². The Kier molecular flexibility index (Phi) is 3.02. The van der Waals surface area contributed by atoms with E-state index >= 15 is 0 Å². The summed E-state index contributed by atoms with van der Waals surface area (Å²) in [6, 6.07) is 0. The average Bonchev–Trinajstić information content (AvgIpc) is 2.96. The molecule has 6 heteroatoms. The molecule has 3 rings (SSSR count). The molecule has 19 heavy (non-hydrogen) atoms. The van der Waals surface area contributed by atoms with Gasteiger partial charge in [0, 0.05) is 12.1 Å². The van der Waals surface area contributed by atoms with Crippen molar-refractivity contribution in [3.63, 3.8) is 0 Å². The van der Waals surface area contributed by atoms with Gasteiger partial charge in [-0.1, -0.05) is 13.3 Å². The molecule has 3 heterocycles. The number of fused-ring (bicyclic) bond motifs is 1. The molecular formula is C13H19N5O. The first-order chi connectivity index (χ1) is 9.20. The standard InChI is InChI=1S/C13H19N5O/c1-2-4-8-7-19-11-10(8)16-13(15)17-12(11)18-6-3-5-9(18)14/h7,9H,2-6,14H2,1H3,(H2,15,16,17). The SMILES string of the molecule is CCCc1coc2c(N3CCCC3N)nc(N)nc12. The number of nitrogen functional groups attached to an aromatic ring is 1. The lowest BCUT2D eigenvalue weighted by atomic mass is 10.2. The normalized spacial score (nSPS) is 19.5. The highest BCUT2D eigenvalue weighted by Crippen LogP contribution is 2.32. The number of anilines is 2. The first-order valence-electron chi connectivity index (χ1n) is 6.76. The van der Waals surface area contributed by atoms with E-state index in [0.717, 1.165) is 49.1 Å². The summed E-state index contributed by atoms with van der Waals surface area (Å²) in [5.74, 6) is 1.01. The summed E-state index contributed by atoms with van der Waals surface area (Å²) in [7, 11) is 0. The number of nitrogens with zero attached hydrogens (tertiary/aromatic N) is 3. The molecule has 0 saturated carbocycles. The number of aromatic nitrogens is 2. The molecule has 0 spiro atoms. The van der Waals surface area contributed by atoms with Crippen LogP contribution in [0.25, 0.3) is 11.1 Å². The molecular weight excluding hydrogens is 242 g/mol. The van der Waals surface area contributed by atoms with Gasteiger partial charge in [-0.2, -0.15) is 4.98 Å². The van der Waals surface area contributed by atoms with Gasteiger partial charge in [-0.3, -0.25) is 0 Å². The van der Waals surface area contributed by atoms with Gasteiger partial charge in [0.25, 0.3) is 0 Å². The number of furan rings is 1. The topological polar surface area (TPSA) is 94.2 Å². The summed E-state index contributed by atoms with van der Waals surface area (Å²) in [6.07, 6.45) is 5.74. The number of hydrogen-bond acceptors (Lipinski definition) is 6. The molecule has 1 saturated heterocycles. The molecule has 1 fully saturated rings. The predicted octanol–water partition coefficient (Wildman–Crippen LogP) is 1.64. The molecule has 2 aromatic rings. The van der Waals surface area contributed by atoms with Gasteiger partial charge in [-0.15, -0.1) is 0 Å². The molecule has 0 bridgehead atoms. The number of aryl methyl sites for hydroxylation is 1. The van der Waals surface area contributed by atoms with Crippen LogP contribution in [0.1, 0.15) is 31.7 Å². The highest BCUT2D eigenvalue weighted by Gasteiger charge is 2.26. The Morgan fingerprint density at radius 1 is 1.47 bits per heavy atom. The van der Waals surface area contributed by atoms with Crippen LogP contribution in [0.4, 0.5) is 11.8 Å². The lowest BCUT2D eigenvalue weighted by Gasteiger charge is -2.22. The predicted molar refractivity (Wildman–Crippen MR) is 74.8 cm³/mol. The minimum Gasteiger partial charge on any atom is -0.458 e. The van der Waals surface area contributed by atoms with Crippen LogP contribution in [0.2, 0.25) is 0 Å². The minimum atomic E-state index is -0.0165. The fourth-order valence-electron chi connectivity index (χ4n) is 2.66. The van der Waals surface area contributed by atoms with E-state index in [0.29, 0.717) is 5.58 Å². The highest BCUT2D eigenvalue weighted by atomic mass is 16.3. The Bertz CT molecular complexity index is 594. The van der Waals surface area contributed by atoms with E-state index in [1.807, 2.05) is 0 Å². The maximum atomic E-state index is 6.10. The Hall–Kier alpha value is -1.82. The van der Waals surface area contributed by atoms with Crippen molar-refractivity contribution in [2.75, 3.05) is 17.2 Å². The molecule has 0 amide bonds. The number of rotatable bonds is 3. The quantitative estimate of drug-likeness (QED) is 0.872. The van der Waals surface area contributed by atoms with E-state index in [4.69, 9.17) is 15.9 Å². The Balaban J connectivity index is 2.13. The van der Waals surface area contributed by atoms with E-state index in [9.17, 15) is 0 Å². The monoisotopic (exact) mass is 261 g/mol. The zero-order valence-electron chi connectivity index (χ0n) is 11.1. The van der Waals surface area contributed by atoms with E-state index in [1.165, 1.54) is 0 Å². The summed E-state index contributed by atoms with van der Waals surface area (Å²) in [5.41, 5.74) is 14.5. The molecule has 1 aliphatic rings. The van der Waals surface area contributed by atoms with Crippen LogP contribution in [0, 0.1) is 0 Å². The van der Waals surface area contributed by atoms with Crippen molar-refractivity contribution in [3.8, 4) is 0 Å². The van der Waals surface area contributed by atoms with Gasteiger partial charge >= 0.3 is 0 Å². The van der Waals surface area contributed by atoms with Crippen molar-refractivity contribution in [2.45, 2.75) is 38.8 Å². The number of hydrogen-bond donors (Lipinski definition) is 2. The second kappa shape index (κ2) is 4.70. The first-order valence-corrected chi connectivity index (χ1v) is 6.76. The summed E-state index contributed by atoms with van der Waals surface area (Å²) in [4.78, 5) is 10.7. The molecule has 1 aliphatic heterocycles. The molecule has 4 N–H and O–H groups in total. The molecule has 0 radical (unpaired) electrons. The van der Waals surface area contributed by atoms with Crippen LogP contribution in [0.5, 0.6) is 0 Å². The zero-order chi connectivity index (χ0) is 13.4. The lowest BCUT2D eigenvalue weighted by Crippen LogP contribution is -2.37. The zero-order valence-corrected chi connectivity index (χ0v) is 11.1. The van der Waals surface area contributed by atoms with Crippen molar-refractivity contribution in [1.82, 2.24) is 9.97 Å². The lowest BCUT2D eigenvalue weighted by molar-refractivity contribution is 0.602. The van der Waals surface area contributed by atoms with Crippen LogP contribution in [0.3, 0.4) is 0 Å². The summed E-state index contributed by atoms with van der Waals surface area (Å²) in [5, 5.41) is 0. The van der Waals surface area contributed by atoms with E-state index < -0.39 is 0 Å². The molecule has 0 aromatic carbocycles. The van der Waals surface area contributed by atoms with Crippen LogP contribution in [-0.2, 0) is 6.42 Å². The number of nitrogens with two attached hydrogens (primary N) is 2. The summed E-state index contributed by atoms with van der Waals surface area (Å²) >= 11 is 0. The van der Waals surface area contributed by atoms with Crippen molar-refractivity contribution < 1.29 is 4.42 Å². The maximum absolute atomic E-state index is 6.10. The van der Waals surface area contributed by atoms with Gasteiger partial charge in [0.1, 0.15) is 5.52 Å². The second-order valence-corrected chi connectivity index (χ2v) is 5.00. The minimum absolute atomic E-state index is 0.0165. The van der Waals surface area contributed by atoms with E-state index in [1.54, 1.807) is 6.26 Å². The van der Waals surface area contributed by atoms with Crippen molar-refractivity contribution in [3.05, 3.63) is 11.8 Å². The van der Waals surface area contributed by atoms with Gasteiger partial charge in [-0.05, 0) is 19.3 Å². The maximum Gasteiger partial charge on any atom is 0.222 e. The smallest absolute Gasteiger partial charge is 0.222 e. The Morgan fingerprint density at radius 3 is 3.00 bits per heavy atom. The van der Waals surface area contributed by atoms with Crippen LogP contribution >= 0.6 is 0 Å². The highest BCUT2D eigenvalue weighted by molar-refractivity contribution is 5.88. The third-order valence-corrected chi connectivity index (χ3v) is 3.58.